The Bertz CT molecular complexity index is 1200. The van der Waals surface area contributed by atoms with Gasteiger partial charge in [-0.1, -0.05) is 6.92 Å². The molecule has 2 amide bonds. The van der Waals surface area contributed by atoms with E-state index in [1.165, 1.54) is 11.0 Å². The van der Waals surface area contributed by atoms with Gasteiger partial charge in [-0.3, -0.25) is 9.59 Å². The molecule has 0 unspecified atom stereocenters. The van der Waals surface area contributed by atoms with Crippen molar-refractivity contribution in [3.05, 3.63) is 63.9 Å². The summed E-state index contributed by atoms with van der Waals surface area (Å²) in [5.41, 5.74) is 0.620. The number of benzene rings is 1. The molecule has 0 spiro atoms. The van der Waals surface area contributed by atoms with Crippen molar-refractivity contribution in [2.75, 3.05) is 33.1 Å². The molecule has 1 aromatic carbocycles. The normalized spacial score (nSPS) is 10.5. The Labute approximate surface area is 207 Å². The number of hydrogen-bond donors (Lipinski definition) is 1. The second-order valence-corrected chi connectivity index (χ2v) is 8.80. The molecule has 2 aromatic heterocycles. The Morgan fingerprint density at radius 3 is 2.37 bits per heavy atom. The van der Waals surface area contributed by atoms with E-state index < -0.39 is 11.9 Å². The summed E-state index contributed by atoms with van der Waals surface area (Å²) in [6, 6.07) is 10.2. The maximum absolute atomic E-state index is 12.9. The van der Waals surface area contributed by atoms with Crippen LogP contribution in [0.15, 0.2) is 40.8 Å². The Morgan fingerprint density at radius 1 is 1.06 bits per heavy atom. The van der Waals surface area contributed by atoms with Crippen LogP contribution in [0.1, 0.15) is 55.3 Å². The number of hydrogen-bond acceptors (Lipinski definition) is 8. The highest BCUT2D eigenvalue weighted by Crippen LogP contribution is 2.35. The van der Waals surface area contributed by atoms with Crippen LogP contribution >= 0.6 is 11.3 Å². The fourth-order valence-electron chi connectivity index (χ4n) is 3.09. The molecule has 0 radical (unpaired) electrons. The van der Waals surface area contributed by atoms with Gasteiger partial charge in [0.2, 0.25) is 0 Å². The van der Waals surface area contributed by atoms with E-state index in [2.05, 4.69) is 5.32 Å². The van der Waals surface area contributed by atoms with Crippen molar-refractivity contribution < 1.29 is 33.0 Å². The first-order chi connectivity index (χ1) is 16.7. The molecule has 9 nitrogen and oxygen atoms in total. The molecule has 3 aromatic rings. The lowest BCUT2D eigenvalue weighted by Gasteiger charge is -2.09. The molecule has 186 valence electrons. The van der Waals surface area contributed by atoms with Crippen LogP contribution in [0.5, 0.6) is 11.5 Å². The van der Waals surface area contributed by atoms with E-state index in [4.69, 9.17) is 18.6 Å². The average molecular weight is 501 g/mol. The lowest BCUT2D eigenvalue weighted by molar-refractivity contribution is 0.0506. The number of ether oxygens (including phenoxy) is 3. The molecule has 3 rings (SSSR count). The second-order valence-electron chi connectivity index (χ2n) is 7.78. The summed E-state index contributed by atoms with van der Waals surface area (Å²) < 4.78 is 21.7. The number of nitrogens with one attached hydrogen (secondary N) is 1. The van der Waals surface area contributed by atoms with E-state index in [9.17, 15) is 14.4 Å². The standard InChI is InChI=1S/C25H28N2O7S/c1-6-13-32-25(30)20-15(2)21(24(29)27(3)4)35-23(20)26-22(28)19-12-11-18(34-19)14-33-17-9-7-16(31-5)8-10-17/h7-12H,6,13-14H2,1-5H3,(H,26,28). The fraction of sp³-hybridized carbons (Fsp3) is 0.320. The zero-order valence-electron chi connectivity index (χ0n) is 20.3. The lowest BCUT2D eigenvalue weighted by Crippen LogP contribution is -2.21. The average Bonchev–Trinajstić information content (AvgIpc) is 3.45. The number of nitrogens with zero attached hydrogens (tertiary/aromatic N) is 1. The van der Waals surface area contributed by atoms with Gasteiger partial charge >= 0.3 is 5.97 Å². The Morgan fingerprint density at radius 2 is 1.74 bits per heavy atom. The summed E-state index contributed by atoms with van der Waals surface area (Å²) in [6.07, 6.45) is 0.647. The van der Waals surface area contributed by atoms with Crippen molar-refractivity contribution in [1.29, 1.82) is 0 Å². The maximum atomic E-state index is 12.9. The van der Waals surface area contributed by atoms with Crippen LogP contribution in [0.25, 0.3) is 0 Å². The molecule has 0 saturated heterocycles. The summed E-state index contributed by atoms with van der Waals surface area (Å²) >= 11 is 1.02. The predicted molar refractivity (Wildman–Crippen MR) is 132 cm³/mol. The first kappa shape index (κ1) is 25.8. The molecule has 35 heavy (non-hydrogen) atoms. The molecule has 10 heteroatoms. The van der Waals surface area contributed by atoms with Gasteiger partial charge in [0.1, 0.15) is 28.9 Å². The van der Waals surface area contributed by atoms with Crippen LogP contribution in [-0.2, 0) is 11.3 Å². The van der Waals surface area contributed by atoms with Gasteiger partial charge in [0.25, 0.3) is 11.8 Å². The van der Waals surface area contributed by atoms with Gasteiger partial charge in [0.15, 0.2) is 5.76 Å². The smallest absolute Gasteiger partial charge is 0.341 e. The molecule has 0 atom stereocenters. The molecule has 0 fully saturated rings. The highest BCUT2D eigenvalue weighted by molar-refractivity contribution is 7.18. The third-order valence-electron chi connectivity index (χ3n) is 4.94. The van der Waals surface area contributed by atoms with Crippen molar-refractivity contribution in [2.45, 2.75) is 26.9 Å². The highest BCUT2D eigenvalue weighted by Gasteiger charge is 2.28. The van der Waals surface area contributed by atoms with Gasteiger partial charge in [-0.2, -0.15) is 0 Å². The number of thiophene rings is 1. The van der Waals surface area contributed by atoms with Crippen LogP contribution in [0.3, 0.4) is 0 Å². The molecule has 1 N–H and O–H groups in total. The fourth-order valence-corrected chi connectivity index (χ4v) is 4.30. The van der Waals surface area contributed by atoms with Gasteiger partial charge in [0.05, 0.1) is 24.2 Å². The number of carbonyl (C=O) groups excluding carboxylic acids is 3. The number of furan rings is 1. The van der Waals surface area contributed by atoms with Crippen molar-refractivity contribution in [3.8, 4) is 11.5 Å². The third kappa shape index (κ3) is 6.21. The van der Waals surface area contributed by atoms with Crippen molar-refractivity contribution in [1.82, 2.24) is 4.90 Å². The summed E-state index contributed by atoms with van der Waals surface area (Å²) in [4.78, 5) is 39.9. The van der Waals surface area contributed by atoms with Crippen molar-refractivity contribution in [3.63, 3.8) is 0 Å². The predicted octanol–water partition coefficient (Wildman–Crippen LogP) is 4.76. The van der Waals surface area contributed by atoms with E-state index in [1.54, 1.807) is 58.5 Å². The minimum absolute atomic E-state index is 0.0396. The minimum Gasteiger partial charge on any atom is -0.497 e. The number of amides is 2. The van der Waals surface area contributed by atoms with Gasteiger partial charge in [0, 0.05) is 14.1 Å². The van der Waals surface area contributed by atoms with Crippen LogP contribution in [0, 0.1) is 6.92 Å². The van der Waals surface area contributed by atoms with Gasteiger partial charge in [-0.25, -0.2) is 4.79 Å². The minimum atomic E-state index is -0.596. The number of esters is 1. The van der Waals surface area contributed by atoms with Crippen molar-refractivity contribution in [2.24, 2.45) is 0 Å². The molecule has 2 heterocycles. The van der Waals surface area contributed by atoms with E-state index in [-0.39, 0.29) is 35.4 Å². The topological polar surface area (TPSA) is 107 Å². The summed E-state index contributed by atoms with van der Waals surface area (Å²) in [7, 11) is 4.82. The van der Waals surface area contributed by atoms with Gasteiger partial charge in [-0.15, -0.1) is 11.3 Å². The molecule has 0 aliphatic carbocycles. The summed E-state index contributed by atoms with van der Waals surface area (Å²) in [6.45, 7) is 3.89. The number of methoxy groups -OCH3 is 1. The van der Waals surface area contributed by atoms with E-state index in [0.29, 0.717) is 34.1 Å². The SMILES string of the molecule is CCCOC(=O)c1c(NC(=O)c2ccc(COc3ccc(OC)cc3)o2)sc(C(=O)N(C)C)c1C. The van der Waals surface area contributed by atoms with Crippen LogP contribution in [-0.4, -0.2) is 50.5 Å². The van der Waals surface area contributed by atoms with Crippen LogP contribution < -0.4 is 14.8 Å². The molecule has 0 bridgehead atoms. The molecule has 0 aliphatic rings. The van der Waals surface area contributed by atoms with Crippen LogP contribution in [0.4, 0.5) is 5.00 Å². The number of anilines is 1. The second kappa shape index (κ2) is 11.6. The Kier molecular flexibility index (Phi) is 8.53. The Hall–Kier alpha value is -3.79. The lowest BCUT2D eigenvalue weighted by atomic mass is 10.1. The summed E-state index contributed by atoms with van der Waals surface area (Å²) in [5.74, 6) is 0.393. The van der Waals surface area contributed by atoms with Gasteiger partial charge in [-0.05, 0) is 55.3 Å². The van der Waals surface area contributed by atoms with Gasteiger partial charge < -0.3 is 28.8 Å². The van der Waals surface area contributed by atoms with E-state index >= 15 is 0 Å². The summed E-state index contributed by atoms with van der Waals surface area (Å²) in [5, 5.41) is 2.93. The van der Waals surface area contributed by atoms with Crippen LogP contribution in [0.2, 0.25) is 0 Å². The molecule has 0 aliphatic heterocycles. The first-order valence-electron chi connectivity index (χ1n) is 10.9. The zero-order valence-corrected chi connectivity index (χ0v) is 21.1. The first-order valence-corrected chi connectivity index (χ1v) is 11.8. The number of rotatable bonds is 10. The molecule has 0 saturated carbocycles. The third-order valence-corrected chi connectivity index (χ3v) is 6.14. The Balaban J connectivity index is 1.76. The maximum Gasteiger partial charge on any atom is 0.341 e. The largest absolute Gasteiger partial charge is 0.497 e. The number of carbonyl (C=O) groups is 3. The van der Waals surface area contributed by atoms with E-state index in [1.807, 2.05) is 6.92 Å². The zero-order chi connectivity index (χ0) is 25.5. The highest BCUT2D eigenvalue weighted by atomic mass is 32.1. The molecular formula is C25H28N2O7S. The molecular weight excluding hydrogens is 472 g/mol. The monoisotopic (exact) mass is 500 g/mol. The van der Waals surface area contributed by atoms with Crippen molar-refractivity contribution >= 4 is 34.1 Å². The quantitative estimate of drug-likeness (QED) is 0.400. The van der Waals surface area contributed by atoms with E-state index in [0.717, 1.165) is 11.3 Å².